The third kappa shape index (κ3) is 4.89. The second kappa shape index (κ2) is 13.1. The molecule has 0 aromatic heterocycles. The van der Waals surface area contributed by atoms with Gasteiger partial charge in [0.1, 0.15) is 34.5 Å². The molecule has 1 unspecified atom stereocenters. The molecular formula is C39H52O6Si. The van der Waals surface area contributed by atoms with Crippen LogP contribution in [0, 0.1) is 47.5 Å². The van der Waals surface area contributed by atoms with E-state index in [1.54, 1.807) is 42.7 Å². The van der Waals surface area contributed by atoms with Crippen LogP contribution in [0.5, 0.6) is 34.5 Å². The Morgan fingerprint density at radius 3 is 0.978 bits per heavy atom. The Labute approximate surface area is 277 Å². The molecule has 7 heteroatoms. The highest BCUT2D eigenvalue weighted by atomic mass is 28.3. The van der Waals surface area contributed by atoms with E-state index in [-0.39, 0.29) is 5.92 Å². The van der Waals surface area contributed by atoms with Crippen LogP contribution < -0.4 is 44.0 Å². The molecular weight excluding hydrogens is 593 g/mol. The van der Waals surface area contributed by atoms with Gasteiger partial charge in [-0.05, 0) is 124 Å². The first-order chi connectivity index (χ1) is 21.7. The molecule has 0 amide bonds. The second-order valence-corrected chi connectivity index (χ2v) is 16.1. The van der Waals surface area contributed by atoms with Crippen molar-refractivity contribution in [3.05, 3.63) is 73.5 Å². The summed E-state index contributed by atoms with van der Waals surface area (Å²) in [6, 6.07) is 6.48. The van der Waals surface area contributed by atoms with Crippen molar-refractivity contribution in [2.45, 2.75) is 69.2 Å². The van der Waals surface area contributed by atoms with Gasteiger partial charge in [-0.15, -0.1) is 0 Å². The third-order valence-corrected chi connectivity index (χ3v) is 16.2. The number of allylic oxidation sites excluding steroid dienone is 4. The lowest BCUT2D eigenvalue weighted by atomic mass is 10.1. The fourth-order valence-corrected chi connectivity index (χ4v) is 15.2. The molecule has 0 fully saturated rings. The van der Waals surface area contributed by atoms with Crippen LogP contribution in [0.4, 0.5) is 0 Å². The summed E-state index contributed by atoms with van der Waals surface area (Å²) in [6.07, 6.45) is 0. The van der Waals surface area contributed by atoms with Gasteiger partial charge in [-0.25, -0.2) is 0 Å². The fraction of sp³-hybridized carbons (Fsp3) is 0.436. The number of hydrogen-bond acceptors (Lipinski definition) is 6. The Balaban J connectivity index is 2.57. The summed E-state index contributed by atoms with van der Waals surface area (Å²) < 4.78 is 37.2. The molecule has 248 valence electrons. The molecule has 0 N–H and O–H groups in total. The number of methoxy groups -OCH3 is 6. The smallest absolute Gasteiger partial charge is 0.190 e. The molecule has 3 aromatic rings. The van der Waals surface area contributed by atoms with Gasteiger partial charge in [0.25, 0.3) is 0 Å². The van der Waals surface area contributed by atoms with E-state index in [4.69, 9.17) is 28.4 Å². The molecule has 1 aliphatic carbocycles. The molecule has 6 nitrogen and oxygen atoms in total. The van der Waals surface area contributed by atoms with Crippen molar-refractivity contribution in [3.63, 3.8) is 0 Å². The van der Waals surface area contributed by atoms with Gasteiger partial charge in [-0.1, -0.05) is 23.3 Å². The molecule has 0 saturated carbocycles. The van der Waals surface area contributed by atoms with Crippen molar-refractivity contribution < 1.29 is 28.4 Å². The SMILES string of the molecule is COc1cc(C)c([Si](C2=C(C)C(C)=C(C)C2C)(c2c(C)cc(OC)c(C)c2OC)c2c(C)cc(OC)c(C)c2OC)c(OC)c1C. The second-order valence-electron chi connectivity index (χ2n) is 12.6. The van der Waals surface area contributed by atoms with Crippen molar-refractivity contribution in [2.75, 3.05) is 42.7 Å². The molecule has 0 heterocycles. The Bertz CT molecular complexity index is 1600. The Kier molecular flexibility index (Phi) is 9.98. The molecule has 46 heavy (non-hydrogen) atoms. The average Bonchev–Trinajstić information content (AvgIpc) is 3.23. The number of ether oxygens (including phenoxy) is 6. The summed E-state index contributed by atoms with van der Waals surface area (Å²) in [5.74, 6) is 4.99. The summed E-state index contributed by atoms with van der Waals surface area (Å²) in [5.41, 5.74) is 10.1. The van der Waals surface area contributed by atoms with Gasteiger partial charge < -0.3 is 28.4 Å². The summed E-state index contributed by atoms with van der Waals surface area (Å²) >= 11 is 0. The van der Waals surface area contributed by atoms with Crippen molar-refractivity contribution in [1.82, 2.24) is 0 Å². The van der Waals surface area contributed by atoms with E-state index in [0.29, 0.717) is 0 Å². The van der Waals surface area contributed by atoms with Gasteiger partial charge in [-0.2, -0.15) is 0 Å². The largest absolute Gasteiger partial charge is 0.496 e. The maximum absolute atomic E-state index is 6.50. The van der Waals surface area contributed by atoms with Crippen molar-refractivity contribution in [2.24, 2.45) is 5.92 Å². The Morgan fingerprint density at radius 2 is 0.761 bits per heavy atom. The quantitative estimate of drug-likeness (QED) is 0.177. The maximum atomic E-state index is 6.50. The van der Waals surface area contributed by atoms with E-state index in [9.17, 15) is 0 Å². The first-order valence-corrected chi connectivity index (χ1v) is 17.8. The zero-order valence-corrected chi connectivity index (χ0v) is 31.8. The standard InChI is InChI=1S/C39H52O6Si/c1-20-17-30(40-11)27(8)33(43-14)36(20)46(39-25(6)23(4)24(5)26(39)7,37-21(2)18-31(41-12)28(9)34(37)44-15)38-22(3)19-32(42-13)29(10)35(38)45-16/h17-19,25H,1-16H3. The van der Waals surface area contributed by atoms with E-state index in [2.05, 4.69) is 87.4 Å². The summed E-state index contributed by atoms with van der Waals surface area (Å²) in [5, 5.41) is 4.88. The number of hydrogen-bond donors (Lipinski definition) is 0. The lowest BCUT2D eigenvalue weighted by Crippen LogP contribution is -2.72. The minimum absolute atomic E-state index is 0.149. The van der Waals surface area contributed by atoms with Crippen LogP contribution in [0.25, 0.3) is 0 Å². The summed E-state index contributed by atoms with van der Waals surface area (Å²) in [7, 11) is 7.02. The van der Waals surface area contributed by atoms with Crippen LogP contribution in [0.1, 0.15) is 61.1 Å². The number of aryl methyl sites for hydroxylation is 3. The zero-order chi connectivity index (χ0) is 34.4. The Hall–Kier alpha value is -3.84. The minimum Gasteiger partial charge on any atom is -0.496 e. The molecule has 1 atom stereocenters. The first-order valence-electron chi connectivity index (χ1n) is 15.8. The highest BCUT2D eigenvalue weighted by molar-refractivity contribution is 7.18. The van der Waals surface area contributed by atoms with Crippen LogP contribution in [-0.2, 0) is 0 Å². The predicted molar refractivity (Wildman–Crippen MR) is 192 cm³/mol. The molecule has 3 aromatic carbocycles. The topological polar surface area (TPSA) is 55.4 Å². The van der Waals surface area contributed by atoms with E-state index in [0.717, 1.165) is 83.4 Å². The molecule has 0 saturated heterocycles. The molecule has 0 spiro atoms. The molecule has 4 rings (SSSR count). The molecule has 1 aliphatic rings. The van der Waals surface area contributed by atoms with Gasteiger partial charge >= 0.3 is 0 Å². The predicted octanol–water partition coefficient (Wildman–Crippen LogP) is 6.90. The monoisotopic (exact) mass is 644 g/mol. The Morgan fingerprint density at radius 1 is 0.457 bits per heavy atom. The van der Waals surface area contributed by atoms with E-state index >= 15 is 0 Å². The van der Waals surface area contributed by atoms with Gasteiger partial charge in [0, 0.05) is 16.7 Å². The van der Waals surface area contributed by atoms with Crippen molar-refractivity contribution in [1.29, 1.82) is 0 Å². The highest BCUT2D eigenvalue weighted by Gasteiger charge is 2.55. The summed E-state index contributed by atoms with van der Waals surface area (Å²) in [6.45, 7) is 22.0. The van der Waals surface area contributed by atoms with Crippen LogP contribution in [0.15, 0.2) is 40.1 Å². The van der Waals surface area contributed by atoms with Gasteiger partial charge in [0.05, 0.1) is 42.7 Å². The van der Waals surface area contributed by atoms with E-state index < -0.39 is 8.07 Å². The van der Waals surface area contributed by atoms with Crippen molar-refractivity contribution >= 4 is 23.6 Å². The third-order valence-electron chi connectivity index (χ3n) is 10.5. The van der Waals surface area contributed by atoms with Crippen molar-refractivity contribution in [3.8, 4) is 34.5 Å². The summed E-state index contributed by atoms with van der Waals surface area (Å²) in [4.78, 5) is 0. The van der Waals surface area contributed by atoms with Gasteiger partial charge in [-0.3, -0.25) is 0 Å². The number of rotatable bonds is 10. The fourth-order valence-electron chi connectivity index (χ4n) is 8.12. The maximum Gasteiger partial charge on any atom is 0.190 e. The molecule has 0 bridgehead atoms. The molecule has 0 radical (unpaired) electrons. The van der Waals surface area contributed by atoms with Crippen LogP contribution in [-0.4, -0.2) is 50.7 Å². The normalized spacial score (nSPS) is 15.0. The van der Waals surface area contributed by atoms with E-state index in [1.807, 2.05) is 0 Å². The lowest BCUT2D eigenvalue weighted by molar-refractivity contribution is 0.389. The van der Waals surface area contributed by atoms with Gasteiger partial charge in [0.2, 0.25) is 0 Å². The van der Waals surface area contributed by atoms with Gasteiger partial charge in [0.15, 0.2) is 8.07 Å². The molecule has 0 aliphatic heterocycles. The lowest BCUT2D eigenvalue weighted by Gasteiger charge is -2.43. The first kappa shape index (κ1) is 35.0. The zero-order valence-electron chi connectivity index (χ0n) is 30.8. The average molecular weight is 645 g/mol. The van der Waals surface area contributed by atoms with Crippen LogP contribution in [0.2, 0.25) is 0 Å². The van der Waals surface area contributed by atoms with E-state index in [1.165, 1.54) is 21.9 Å². The van der Waals surface area contributed by atoms with Crippen LogP contribution in [0.3, 0.4) is 0 Å². The highest BCUT2D eigenvalue weighted by Crippen LogP contribution is 2.47. The van der Waals surface area contributed by atoms with Crippen LogP contribution >= 0.6 is 0 Å². The minimum atomic E-state index is -3.44. The number of benzene rings is 3.